The molecular weight excluding hydrogens is 232 g/mol. The molecule has 0 spiro atoms. The Balaban J connectivity index is 2.34. The van der Waals surface area contributed by atoms with Crippen LogP contribution >= 0.6 is 11.3 Å². The molecule has 0 amide bonds. The molecule has 0 N–H and O–H groups in total. The Morgan fingerprint density at radius 1 is 1.35 bits per heavy atom. The topological polar surface area (TPSA) is 43.6 Å². The van der Waals surface area contributed by atoms with E-state index < -0.39 is 0 Å². The van der Waals surface area contributed by atoms with Crippen molar-refractivity contribution in [3.8, 4) is 11.5 Å². The third-order valence-corrected chi connectivity index (χ3v) is 3.61. The highest BCUT2D eigenvalue weighted by Crippen LogP contribution is 2.28. The predicted molar refractivity (Wildman–Crippen MR) is 69.0 cm³/mol. The summed E-state index contributed by atoms with van der Waals surface area (Å²) in [6.07, 6.45) is 4.56. The van der Waals surface area contributed by atoms with E-state index in [4.69, 9.17) is 0 Å². The molecule has 0 aliphatic rings. The molecule has 3 heterocycles. The van der Waals surface area contributed by atoms with Crippen LogP contribution < -0.4 is 0 Å². The normalized spacial score (nSPS) is 11.2. The van der Waals surface area contributed by atoms with Gasteiger partial charge in [-0.25, -0.2) is 15.0 Å². The Morgan fingerprint density at radius 2 is 2.24 bits per heavy atom. The lowest BCUT2D eigenvalue weighted by molar-refractivity contribution is 0.904. The van der Waals surface area contributed by atoms with E-state index in [2.05, 4.69) is 21.9 Å². The average Bonchev–Trinajstić information content (AvgIpc) is 2.95. The molecule has 0 aromatic carbocycles. The van der Waals surface area contributed by atoms with Crippen molar-refractivity contribution in [3.05, 3.63) is 29.7 Å². The van der Waals surface area contributed by atoms with Gasteiger partial charge in [-0.15, -0.1) is 11.3 Å². The second-order valence-electron chi connectivity index (χ2n) is 3.84. The van der Waals surface area contributed by atoms with E-state index in [1.54, 1.807) is 17.5 Å². The molecule has 0 aliphatic carbocycles. The van der Waals surface area contributed by atoms with E-state index in [0.29, 0.717) is 0 Å². The summed E-state index contributed by atoms with van der Waals surface area (Å²) in [6, 6.07) is 2.04. The predicted octanol–water partition coefficient (Wildman–Crippen LogP) is 2.65. The second-order valence-corrected chi connectivity index (χ2v) is 4.75. The third-order valence-electron chi connectivity index (χ3n) is 2.70. The summed E-state index contributed by atoms with van der Waals surface area (Å²) in [4.78, 5) is 13.5. The van der Waals surface area contributed by atoms with Gasteiger partial charge in [-0.1, -0.05) is 6.92 Å². The summed E-state index contributed by atoms with van der Waals surface area (Å²) in [5.41, 5.74) is 1.95. The van der Waals surface area contributed by atoms with Gasteiger partial charge in [0.1, 0.15) is 11.5 Å². The van der Waals surface area contributed by atoms with Crippen molar-refractivity contribution < 1.29 is 0 Å². The fourth-order valence-corrected chi connectivity index (χ4v) is 2.63. The number of hydrogen-bond acceptors (Lipinski definition) is 4. The molecule has 3 rings (SSSR count). The highest BCUT2D eigenvalue weighted by atomic mass is 32.1. The van der Waals surface area contributed by atoms with Crippen molar-refractivity contribution in [1.82, 2.24) is 19.5 Å². The average molecular weight is 244 g/mol. The molecule has 0 aliphatic heterocycles. The first kappa shape index (κ1) is 10.4. The minimum absolute atomic E-state index is 0.837. The lowest BCUT2D eigenvalue weighted by Crippen LogP contribution is -1.99. The van der Waals surface area contributed by atoms with Gasteiger partial charge in [0.15, 0.2) is 5.82 Å². The summed E-state index contributed by atoms with van der Waals surface area (Å²) in [7, 11) is 1.98. The van der Waals surface area contributed by atoms with E-state index in [-0.39, 0.29) is 0 Å². The van der Waals surface area contributed by atoms with Crippen molar-refractivity contribution in [3.63, 3.8) is 0 Å². The fourth-order valence-electron chi connectivity index (χ4n) is 1.82. The SMILES string of the molecule is CCc1nc(-c2nccn2C)c2sccc2n1. The largest absolute Gasteiger partial charge is 0.333 e. The molecule has 0 atom stereocenters. The van der Waals surface area contributed by atoms with Gasteiger partial charge in [-0.05, 0) is 11.4 Å². The Kier molecular flexibility index (Phi) is 2.40. The van der Waals surface area contributed by atoms with E-state index in [9.17, 15) is 0 Å². The van der Waals surface area contributed by atoms with Crippen LogP contribution in [0.25, 0.3) is 21.7 Å². The third kappa shape index (κ3) is 1.63. The van der Waals surface area contributed by atoms with Crippen LogP contribution in [0.2, 0.25) is 0 Å². The van der Waals surface area contributed by atoms with Crippen molar-refractivity contribution in [1.29, 1.82) is 0 Å². The molecule has 0 saturated carbocycles. The standard InChI is InChI=1S/C12H12N4S/c1-3-9-14-8-4-7-17-11(8)10(15-9)12-13-5-6-16(12)2/h4-7H,3H2,1-2H3. The van der Waals surface area contributed by atoms with Gasteiger partial charge in [0.05, 0.1) is 10.2 Å². The van der Waals surface area contributed by atoms with Crippen LogP contribution in [0.4, 0.5) is 0 Å². The zero-order valence-electron chi connectivity index (χ0n) is 9.71. The zero-order valence-corrected chi connectivity index (χ0v) is 10.5. The van der Waals surface area contributed by atoms with E-state index in [0.717, 1.165) is 34.0 Å². The molecule has 4 nitrogen and oxygen atoms in total. The number of imidazole rings is 1. The first-order chi connectivity index (χ1) is 8.29. The number of aromatic nitrogens is 4. The van der Waals surface area contributed by atoms with Crippen LogP contribution in [0.15, 0.2) is 23.8 Å². The number of aryl methyl sites for hydroxylation is 2. The zero-order chi connectivity index (χ0) is 11.8. The first-order valence-corrected chi connectivity index (χ1v) is 6.39. The van der Waals surface area contributed by atoms with Crippen molar-refractivity contribution in [2.75, 3.05) is 0 Å². The summed E-state index contributed by atoms with van der Waals surface area (Å²) in [5, 5.41) is 2.05. The molecular formula is C12H12N4S. The molecule has 0 unspecified atom stereocenters. The van der Waals surface area contributed by atoms with Crippen LogP contribution in [-0.2, 0) is 13.5 Å². The number of thiophene rings is 1. The molecule has 0 bridgehead atoms. The highest BCUT2D eigenvalue weighted by molar-refractivity contribution is 7.17. The number of hydrogen-bond donors (Lipinski definition) is 0. The van der Waals surface area contributed by atoms with Gasteiger partial charge in [-0.2, -0.15) is 0 Å². The van der Waals surface area contributed by atoms with Gasteiger partial charge in [-0.3, -0.25) is 0 Å². The number of nitrogens with zero attached hydrogens (tertiary/aromatic N) is 4. The van der Waals surface area contributed by atoms with Crippen molar-refractivity contribution >= 4 is 21.6 Å². The Bertz CT molecular complexity index is 668. The number of fused-ring (bicyclic) bond motifs is 1. The molecule has 0 saturated heterocycles. The maximum Gasteiger partial charge on any atom is 0.160 e. The van der Waals surface area contributed by atoms with Crippen LogP contribution in [0, 0.1) is 0 Å². The lowest BCUT2D eigenvalue weighted by Gasteiger charge is -2.04. The van der Waals surface area contributed by atoms with Gasteiger partial charge in [0.2, 0.25) is 0 Å². The van der Waals surface area contributed by atoms with Gasteiger partial charge in [0, 0.05) is 25.9 Å². The minimum atomic E-state index is 0.837. The molecule has 5 heteroatoms. The van der Waals surface area contributed by atoms with Crippen LogP contribution in [0.1, 0.15) is 12.7 Å². The highest BCUT2D eigenvalue weighted by Gasteiger charge is 2.13. The number of rotatable bonds is 2. The fraction of sp³-hybridized carbons (Fsp3) is 0.250. The minimum Gasteiger partial charge on any atom is -0.333 e. The van der Waals surface area contributed by atoms with E-state index in [1.165, 1.54) is 0 Å². The quantitative estimate of drug-likeness (QED) is 0.696. The van der Waals surface area contributed by atoms with Gasteiger partial charge < -0.3 is 4.57 Å². The lowest BCUT2D eigenvalue weighted by atomic mass is 10.3. The van der Waals surface area contributed by atoms with Crippen molar-refractivity contribution in [2.45, 2.75) is 13.3 Å². The van der Waals surface area contributed by atoms with Crippen molar-refractivity contribution in [2.24, 2.45) is 7.05 Å². The van der Waals surface area contributed by atoms with E-state index in [1.807, 2.05) is 29.3 Å². The molecule has 3 aromatic heterocycles. The Morgan fingerprint density at radius 3 is 2.94 bits per heavy atom. The summed E-state index contributed by atoms with van der Waals surface area (Å²) >= 11 is 1.66. The monoisotopic (exact) mass is 244 g/mol. The van der Waals surface area contributed by atoms with Crippen LogP contribution in [0.3, 0.4) is 0 Å². The Labute approximate surface area is 103 Å². The maximum absolute atomic E-state index is 4.61. The first-order valence-electron chi connectivity index (χ1n) is 5.51. The summed E-state index contributed by atoms with van der Waals surface area (Å²) in [5.74, 6) is 1.77. The summed E-state index contributed by atoms with van der Waals surface area (Å²) < 4.78 is 3.09. The molecule has 86 valence electrons. The summed E-state index contributed by atoms with van der Waals surface area (Å²) in [6.45, 7) is 2.07. The Hall–Kier alpha value is -1.75. The molecule has 0 radical (unpaired) electrons. The molecule has 3 aromatic rings. The van der Waals surface area contributed by atoms with Crippen LogP contribution in [-0.4, -0.2) is 19.5 Å². The maximum atomic E-state index is 4.61. The van der Waals surface area contributed by atoms with E-state index >= 15 is 0 Å². The van der Waals surface area contributed by atoms with Gasteiger partial charge in [0.25, 0.3) is 0 Å². The second kappa shape index (κ2) is 3.92. The molecule has 17 heavy (non-hydrogen) atoms. The molecule has 0 fully saturated rings. The smallest absolute Gasteiger partial charge is 0.160 e. The van der Waals surface area contributed by atoms with Crippen LogP contribution in [0.5, 0.6) is 0 Å². The van der Waals surface area contributed by atoms with Gasteiger partial charge >= 0.3 is 0 Å².